The molecule has 2 aliphatic rings. The van der Waals surface area contributed by atoms with Gasteiger partial charge in [-0.15, -0.1) is 24.2 Å². The fourth-order valence-corrected chi connectivity index (χ4v) is 3.01. The standard InChI is InChI=1S/C13H16N2O3S.ClH/c16-13(10-7-19-8-15-10)14-5-9-6-17-11-3-1-2-4-12(11)18-9;/h1-4,9-10,15H,5-8H2,(H,14,16);1H. The van der Waals surface area contributed by atoms with E-state index in [1.165, 1.54) is 0 Å². The molecule has 2 heterocycles. The summed E-state index contributed by atoms with van der Waals surface area (Å²) >= 11 is 1.73. The molecule has 0 aromatic heterocycles. The summed E-state index contributed by atoms with van der Waals surface area (Å²) in [6, 6.07) is 7.49. The fraction of sp³-hybridized carbons (Fsp3) is 0.462. The minimum Gasteiger partial charge on any atom is -0.486 e. The predicted octanol–water partition coefficient (Wildman–Crippen LogP) is 1.03. The number of hydrogen-bond donors (Lipinski definition) is 2. The van der Waals surface area contributed by atoms with E-state index in [0.29, 0.717) is 13.2 Å². The van der Waals surface area contributed by atoms with Crippen molar-refractivity contribution in [1.82, 2.24) is 10.6 Å². The summed E-state index contributed by atoms with van der Waals surface area (Å²) in [5.74, 6) is 3.21. The number of amides is 1. The molecule has 110 valence electrons. The first-order valence-electron chi connectivity index (χ1n) is 6.30. The van der Waals surface area contributed by atoms with Gasteiger partial charge in [0.25, 0.3) is 0 Å². The van der Waals surface area contributed by atoms with Crippen LogP contribution in [-0.2, 0) is 4.79 Å². The van der Waals surface area contributed by atoms with Crippen molar-refractivity contribution in [2.75, 3.05) is 24.8 Å². The van der Waals surface area contributed by atoms with Gasteiger partial charge in [0.2, 0.25) is 5.91 Å². The normalized spacial score (nSPS) is 23.8. The molecule has 5 nitrogen and oxygen atoms in total. The summed E-state index contributed by atoms with van der Waals surface area (Å²) in [5.41, 5.74) is 0. The van der Waals surface area contributed by atoms with Gasteiger partial charge in [-0.1, -0.05) is 12.1 Å². The number of halogens is 1. The SMILES string of the molecule is Cl.O=C(NCC1COc2ccccc2O1)C1CSCN1. The van der Waals surface area contributed by atoms with Crippen molar-refractivity contribution in [1.29, 1.82) is 0 Å². The van der Waals surface area contributed by atoms with E-state index in [1.54, 1.807) is 11.8 Å². The Morgan fingerprint density at radius 1 is 1.40 bits per heavy atom. The van der Waals surface area contributed by atoms with Crippen LogP contribution in [0.25, 0.3) is 0 Å². The molecule has 20 heavy (non-hydrogen) atoms. The summed E-state index contributed by atoms with van der Waals surface area (Å²) in [6.07, 6.45) is -0.132. The maximum Gasteiger partial charge on any atom is 0.238 e. The van der Waals surface area contributed by atoms with E-state index < -0.39 is 0 Å². The van der Waals surface area contributed by atoms with Gasteiger partial charge in [0, 0.05) is 11.6 Å². The number of para-hydroxylation sites is 2. The molecule has 7 heteroatoms. The molecule has 1 amide bonds. The van der Waals surface area contributed by atoms with Crippen LogP contribution < -0.4 is 20.1 Å². The molecule has 0 spiro atoms. The van der Waals surface area contributed by atoms with Gasteiger partial charge < -0.3 is 14.8 Å². The van der Waals surface area contributed by atoms with Crippen LogP contribution in [0.3, 0.4) is 0 Å². The first-order chi connectivity index (χ1) is 9.33. The van der Waals surface area contributed by atoms with Crippen molar-refractivity contribution >= 4 is 30.1 Å². The van der Waals surface area contributed by atoms with Gasteiger partial charge >= 0.3 is 0 Å². The maximum atomic E-state index is 11.9. The number of carbonyl (C=O) groups is 1. The molecular weight excluding hydrogens is 300 g/mol. The van der Waals surface area contributed by atoms with Crippen molar-refractivity contribution in [2.24, 2.45) is 0 Å². The fourth-order valence-electron chi connectivity index (χ4n) is 2.06. The first kappa shape index (κ1) is 15.3. The Morgan fingerprint density at radius 3 is 2.95 bits per heavy atom. The average Bonchev–Trinajstić information content (AvgIpc) is 2.99. The Balaban J connectivity index is 0.00000147. The predicted molar refractivity (Wildman–Crippen MR) is 80.9 cm³/mol. The summed E-state index contributed by atoms with van der Waals surface area (Å²) < 4.78 is 11.4. The molecule has 0 bridgehead atoms. The van der Waals surface area contributed by atoms with E-state index in [0.717, 1.165) is 23.1 Å². The van der Waals surface area contributed by atoms with Crippen LogP contribution in [0.1, 0.15) is 0 Å². The number of thioether (sulfide) groups is 1. The quantitative estimate of drug-likeness (QED) is 0.872. The van der Waals surface area contributed by atoms with Gasteiger partial charge in [-0.05, 0) is 12.1 Å². The van der Waals surface area contributed by atoms with Crippen LogP contribution in [0.2, 0.25) is 0 Å². The van der Waals surface area contributed by atoms with Gasteiger partial charge in [0.1, 0.15) is 12.7 Å². The van der Waals surface area contributed by atoms with Gasteiger partial charge in [-0.25, -0.2) is 0 Å². The lowest BCUT2D eigenvalue weighted by Gasteiger charge is -2.26. The Kier molecular flexibility index (Phi) is 5.39. The summed E-state index contributed by atoms with van der Waals surface area (Å²) in [4.78, 5) is 11.9. The van der Waals surface area contributed by atoms with Crippen LogP contribution >= 0.6 is 24.2 Å². The Labute approximate surface area is 128 Å². The van der Waals surface area contributed by atoms with Gasteiger partial charge in [-0.2, -0.15) is 0 Å². The van der Waals surface area contributed by atoms with Crippen LogP contribution in [0, 0.1) is 0 Å². The number of rotatable bonds is 3. The third-order valence-corrected chi connectivity index (χ3v) is 4.04. The van der Waals surface area contributed by atoms with Crippen molar-refractivity contribution in [3.63, 3.8) is 0 Å². The van der Waals surface area contributed by atoms with Crippen LogP contribution in [0.5, 0.6) is 11.5 Å². The topological polar surface area (TPSA) is 59.6 Å². The minimum absolute atomic E-state index is 0. The molecule has 0 aliphatic carbocycles. The smallest absolute Gasteiger partial charge is 0.238 e. The highest BCUT2D eigenvalue weighted by atomic mass is 35.5. The van der Waals surface area contributed by atoms with Crippen molar-refractivity contribution in [3.8, 4) is 11.5 Å². The summed E-state index contributed by atoms with van der Waals surface area (Å²) in [7, 11) is 0. The maximum absolute atomic E-state index is 11.9. The highest BCUT2D eigenvalue weighted by molar-refractivity contribution is 7.99. The monoisotopic (exact) mass is 316 g/mol. The molecule has 0 radical (unpaired) electrons. The highest BCUT2D eigenvalue weighted by Crippen LogP contribution is 2.30. The van der Waals surface area contributed by atoms with E-state index >= 15 is 0 Å². The molecule has 1 aromatic rings. The van der Waals surface area contributed by atoms with E-state index in [9.17, 15) is 4.79 Å². The van der Waals surface area contributed by atoms with E-state index in [-0.39, 0.29) is 30.5 Å². The third kappa shape index (κ3) is 3.50. The summed E-state index contributed by atoms with van der Waals surface area (Å²) in [6.45, 7) is 0.931. The van der Waals surface area contributed by atoms with Crippen LogP contribution in [-0.4, -0.2) is 42.8 Å². The molecule has 2 atom stereocenters. The first-order valence-corrected chi connectivity index (χ1v) is 7.46. The molecule has 2 unspecified atom stereocenters. The second kappa shape index (κ2) is 7.06. The van der Waals surface area contributed by atoms with Crippen LogP contribution in [0.4, 0.5) is 0 Å². The highest BCUT2D eigenvalue weighted by Gasteiger charge is 2.25. The van der Waals surface area contributed by atoms with Gasteiger partial charge in [0.15, 0.2) is 11.5 Å². The van der Waals surface area contributed by atoms with Gasteiger partial charge in [-0.3, -0.25) is 10.1 Å². The number of benzene rings is 1. The van der Waals surface area contributed by atoms with Gasteiger partial charge in [0.05, 0.1) is 12.6 Å². The number of fused-ring (bicyclic) bond motifs is 1. The molecule has 0 saturated carbocycles. The molecule has 2 aliphatic heterocycles. The zero-order valence-electron chi connectivity index (χ0n) is 10.8. The minimum atomic E-state index is -0.132. The van der Waals surface area contributed by atoms with Crippen LogP contribution in [0.15, 0.2) is 24.3 Å². The average molecular weight is 317 g/mol. The second-order valence-corrected chi connectivity index (χ2v) is 5.54. The number of hydrogen-bond acceptors (Lipinski definition) is 5. The Bertz CT molecular complexity index is 469. The molecular formula is C13H17ClN2O3S. The molecule has 1 fully saturated rings. The Hall–Kier alpha value is -1.11. The van der Waals surface area contributed by atoms with Crippen molar-refractivity contribution in [2.45, 2.75) is 12.1 Å². The largest absolute Gasteiger partial charge is 0.486 e. The lowest BCUT2D eigenvalue weighted by Crippen LogP contribution is -2.47. The molecule has 3 rings (SSSR count). The van der Waals surface area contributed by atoms with E-state index in [2.05, 4.69) is 10.6 Å². The molecule has 2 N–H and O–H groups in total. The second-order valence-electron chi connectivity index (χ2n) is 4.51. The van der Waals surface area contributed by atoms with E-state index in [4.69, 9.17) is 9.47 Å². The number of nitrogens with one attached hydrogen (secondary N) is 2. The third-order valence-electron chi connectivity index (χ3n) is 3.10. The van der Waals surface area contributed by atoms with Crippen molar-refractivity contribution < 1.29 is 14.3 Å². The lowest BCUT2D eigenvalue weighted by molar-refractivity contribution is -0.122. The van der Waals surface area contributed by atoms with Crippen molar-refractivity contribution in [3.05, 3.63) is 24.3 Å². The number of carbonyl (C=O) groups excluding carboxylic acids is 1. The Morgan fingerprint density at radius 2 is 2.20 bits per heavy atom. The molecule has 1 aromatic carbocycles. The molecule has 1 saturated heterocycles. The summed E-state index contributed by atoms with van der Waals surface area (Å²) in [5, 5.41) is 6.04. The number of ether oxygens (including phenoxy) is 2. The zero-order valence-corrected chi connectivity index (χ0v) is 12.5. The lowest BCUT2D eigenvalue weighted by atomic mass is 10.2. The zero-order chi connectivity index (χ0) is 13.1. The van der Waals surface area contributed by atoms with E-state index in [1.807, 2.05) is 24.3 Å².